The molecule has 6 heteroatoms. The number of anilines is 1. The molecule has 0 radical (unpaired) electrons. The Kier molecular flexibility index (Phi) is 10.1. The van der Waals surface area contributed by atoms with Gasteiger partial charge >= 0.3 is 0 Å². The van der Waals surface area contributed by atoms with Crippen molar-refractivity contribution < 1.29 is 4.58 Å². The third-order valence-corrected chi connectivity index (χ3v) is 11.3. The minimum atomic E-state index is -0.0706. The fourth-order valence-corrected chi connectivity index (χ4v) is 8.44. The molecule has 1 N–H and O–H groups in total. The Labute approximate surface area is 310 Å². The first kappa shape index (κ1) is 35.3. The van der Waals surface area contributed by atoms with Gasteiger partial charge in [-0.1, -0.05) is 74.5 Å². The number of fused-ring (bicyclic) bond motifs is 2. The molecule has 2 aromatic carbocycles. The van der Waals surface area contributed by atoms with Crippen molar-refractivity contribution in [1.82, 2.24) is 20.2 Å². The van der Waals surface area contributed by atoms with Crippen LogP contribution in [0.5, 0.6) is 0 Å². The standard InChI is InChI=1S/C46H52N6/c1-45(2)38-20-7-9-22-40(38)50(5)42(45)26-24-34-16-15-17-35(25-27-43-46(3,4)39-21-8-10-23-41(39)51(43)6)44(34)49-30-31-52(32-36-18-11-13-28-47-36)33-37-19-12-14-29-48-37/h7-14,18-29H,15-17,30-33H2,1-6H3/p+1/b34-24+,42-26+. The summed E-state index contributed by atoms with van der Waals surface area (Å²) >= 11 is 0. The number of aromatic nitrogens is 2. The van der Waals surface area contributed by atoms with E-state index >= 15 is 0 Å². The molecule has 0 bridgehead atoms. The number of hydrogen-bond donors (Lipinski definition) is 1. The van der Waals surface area contributed by atoms with E-state index in [9.17, 15) is 0 Å². The normalized spacial score (nSPS) is 19.3. The van der Waals surface area contributed by atoms with E-state index in [0.717, 1.165) is 56.8 Å². The molecule has 2 aliphatic heterocycles. The Morgan fingerprint density at radius 2 is 1.42 bits per heavy atom. The van der Waals surface area contributed by atoms with Gasteiger partial charge in [0.1, 0.15) is 7.05 Å². The highest BCUT2D eigenvalue weighted by Gasteiger charge is 2.42. The lowest BCUT2D eigenvalue weighted by atomic mass is 9.81. The van der Waals surface area contributed by atoms with Crippen molar-refractivity contribution in [2.45, 2.75) is 70.9 Å². The summed E-state index contributed by atoms with van der Waals surface area (Å²) in [5, 5.41) is 3.98. The Hall–Kier alpha value is -5.07. The second kappa shape index (κ2) is 14.9. The molecule has 0 atom stereocenters. The minimum Gasteiger partial charge on any atom is -0.383 e. The molecule has 0 saturated carbocycles. The fourth-order valence-electron chi connectivity index (χ4n) is 8.44. The smallest absolute Gasteiger partial charge is 0.209 e. The van der Waals surface area contributed by atoms with Gasteiger partial charge in [0.15, 0.2) is 5.71 Å². The van der Waals surface area contributed by atoms with E-state index in [-0.39, 0.29) is 10.8 Å². The number of hydrogen-bond acceptors (Lipinski definition) is 5. The van der Waals surface area contributed by atoms with Crippen molar-refractivity contribution in [1.29, 1.82) is 0 Å². The Bertz CT molecular complexity index is 2020. The van der Waals surface area contributed by atoms with Crippen LogP contribution in [0.4, 0.5) is 11.4 Å². The van der Waals surface area contributed by atoms with E-state index in [2.05, 4.69) is 169 Å². The van der Waals surface area contributed by atoms with E-state index in [1.807, 2.05) is 24.5 Å². The van der Waals surface area contributed by atoms with Crippen LogP contribution in [0.2, 0.25) is 0 Å². The Morgan fingerprint density at radius 3 is 2.08 bits per heavy atom. The summed E-state index contributed by atoms with van der Waals surface area (Å²) in [7, 11) is 4.41. The van der Waals surface area contributed by atoms with Gasteiger partial charge in [0.25, 0.3) is 0 Å². The molecule has 4 aromatic rings. The Balaban J connectivity index is 1.21. The Morgan fingerprint density at radius 1 is 0.769 bits per heavy atom. The summed E-state index contributed by atoms with van der Waals surface area (Å²) < 4.78 is 2.37. The predicted octanol–water partition coefficient (Wildman–Crippen LogP) is 9.01. The molecule has 266 valence electrons. The highest BCUT2D eigenvalue weighted by molar-refractivity contribution is 6.03. The second-order valence-corrected chi connectivity index (χ2v) is 15.4. The number of nitrogens with one attached hydrogen (secondary N) is 1. The van der Waals surface area contributed by atoms with E-state index in [0.29, 0.717) is 0 Å². The largest absolute Gasteiger partial charge is 0.383 e. The molecule has 7 rings (SSSR count). The molecular weight excluding hydrogens is 637 g/mol. The van der Waals surface area contributed by atoms with Crippen LogP contribution in [0.15, 0.2) is 144 Å². The zero-order chi connectivity index (χ0) is 36.3. The molecular formula is C46H53N6+. The lowest BCUT2D eigenvalue weighted by Crippen LogP contribution is -2.33. The molecule has 0 saturated heterocycles. The third-order valence-electron chi connectivity index (χ3n) is 11.3. The van der Waals surface area contributed by atoms with Crippen LogP contribution in [-0.2, 0) is 23.9 Å². The van der Waals surface area contributed by atoms with Gasteiger partial charge in [-0.2, -0.15) is 4.58 Å². The average molecular weight is 690 g/mol. The molecule has 52 heavy (non-hydrogen) atoms. The maximum atomic E-state index is 4.65. The van der Waals surface area contributed by atoms with Crippen molar-refractivity contribution in [2.24, 2.45) is 0 Å². The summed E-state index contributed by atoms with van der Waals surface area (Å²) in [5.41, 5.74) is 14.0. The molecule has 0 amide bonds. The first-order valence-electron chi connectivity index (χ1n) is 18.8. The average Bonchev–Trinajstić information content (AvgIpc) is 3.47. The van der Waals surface area contributed by atoms with Crippen molar-refractivity contribution >= 4 is 17.1 Å². The van der Waals surface area contributed by atoms with Gasteiger partial charge in [-0.15, -0.1) is 0 Å². The van der Waals surface area contributed by atoms with Crippen molar-refractivity contribution in [3.05, 3.63) is 167 Å². The van der Waals surface area contributed by atoms with Gasteiger partial charge in [0.05, 0.1) is 16.8 Å². The van der Waals surface area contributed by atoms with E-state index < -0.39 is 0 Å². The van der Waals surface area contributed by atoms with Crippen LogP contribution in [0.3, 0.4) is 0 Å². The van der Waals surface area contributed by atoms with Gasteiger partial charge in [0.2, 0.25) is 5.69 Å². The maximum absolute atomic E-state index is 4.65. The van der Waals surface area contributed by atoms with E-state index in [1.54, 1.807) is 0 Å². The first-order valence-corrected chi connectivity index (χ1v) is 18.8. The van der Waals surface area contributed by atoms with Crippen LogP contribution in [0.1, 0.15) is 69.5 Å². The fraction of sp³-hybridized carbons (Fsp3) is 0.326. The number of benzene rings is 2. The number of pyridine rings is 2. The summed E-state index contributed by atoms with van der Waals surface area (Å²) in [6.45, 7) is 12.6. The molecule has 0 unspecified atom stereocenters. The van der Waals surface area contributed by atoms with Crippen molar-refractivity contribution in [3.63, 3.8) is 0 Å². The molecule has 2 aromatic heterocycles. The SMILES string of the molecule is CN1/C(=C/C=C2\CCCC(/C=C/C3=[N+](C)c4ccccc4C3(C)C)=C2NCCN(Cc2ccccn2)Cc2ccccn2)C(C)(C)c2ccccc21. The third kappa shape index (κ3) is 7.05. The van der Waals surface area contributed by atoms with E-state index in [4.69, 9.17) is 0 Å². The molecule has 0 spiro atoms. The van der Waals surface area contributed by atoms with Crippen LogP contribution in [0, 0.1) is 0 Å². The maximum Gasteiger partial charge on any atom is 0.209 e. The van der Waals surface area contributed by atoms with Crippen LogP contribution in [-0.4, -0.2) is 52.3 Å². The monoisotopic (exact) mass is 689 g/mol. The number of nitrogens with zero attached hydrogens (tertiary/aromatic N) is 5. The minimum absolute atomic E-state index is 0.0706. The lowest BCUT2D eigenvalue weighted by Gasteiger charge is -2.27. The lowest BCUT2D eigenvalue weighted by molar-refractivity contribution is -0.401. The summed E-state index contributed by atoms with van der Waals surface area (Å²) in [6.07, 6.45) is 16.5. The van der Waals surface area contributed by atoms with Gasteiger partial charge in [-0.05, 0) is 86.2 Å². The van der Waals surface area contributed by atoms with Gasteiger partial charge in [-0.3, -0.25) is 14.9 Å². The molecule has 1 aliphatic carbocycles. The van der Waals surface area contributed by atoms with Gasteiger partial charge in [0, 0.05) is 85.8 Å². The van der Waals surface area contributed by atoms with Crippen LogP contribution in [0.25, 0.3) is 0 Å². The molecule has 3 aliphatic rings. The molecule has 4 heterocycles. The topological polar surface area (TPSA) is 47.3 Å². The summed E-state index contributed by atoms with van der Waals surface area (Å²) in [5.74, 6) is 0. The van der Waals surface area contributed by atoms with Crippen molar-refractivity contribution in [3.8, 4) is 0 Å². The molecule has 0 fully saturated rings. The number of allylic oxidation sites excluding steroid dienone is 7. The predicted molar refractivity (Wildman–Crippen MR) is 215 cm³/mol. The first-order chi connectivity index (χ1) is 25.1. The number of likely N-dealkylation sites (N-methyl/N-ethyl adjacent to an activating group) is 1. The van der Waals surface area contributed by atoms with Gasteiger partial charge < -0.3 is 10.2 Å². The van der Waals surface area contributed by atoms with E-state index in [1.165, 1.54) is 50.8 Å². The highest BCUT2D eigenvalue weighted by atomic mass is 15.2. The quantitative estimate of drug-likeness (QED) is 0.159. The van der Waals surface area contributed by atoms with Crippen molar-refractivity contribution in [2.75, 3.05) is 32.1 Å². The van der Waals surface area contributed by atoms with Gasteiger partial charge in [-0.25, -0.2) is 0 Å². The molecule has 6 nitrogen and oxygen atoms in total. The summed E-state index contributed by atoms with van der Waals surface area (Å²) in [4.78, 5) is 14.1. The highest BCUT2D eigenvalue weighted by Crippen LogP contribution is 2.47. The summed E-state index contributed by atoms with van der Waals surface area (Å²) in [6, 6.07) is 29.9. The van der Waals surface area contributed by atoms with Crippen LogP contribution >= 0.6 is 0 Å². The second-order valence-electron chi connectivity index (χ2n) is 15.4. The number of para-hydroxylation sites is 2. The zero-order valence-electron chi connectivity index (χ0n) is 31.7. The number of rotatable bonds is 11. The van der Waals surface area contributed by atoms with Crippen LogP contribution < -0.4 is 10.2 Å². The zero-order valence-corrected chi connectivity index (χ0v) is 31.7.